The van der Waals surface area contributed by atoms with Gasteiger partial charge in [-0.3, -0.25) is 10.3 Å². The molecule has 0 radical (unpaired) electrons. The van der Waals surface area contributed by atoms with Gasteiger partial charge in [-0.1, -0.05) is 0 Å². The zero-order chi connectivity index (χ0) is 23.7. The van der Waals surface area contributed by atoms with Gasteiger partial charge in [-0.25, -0.2) is 18.3 Å². The smallest absolute Gasteiger partial charge is 0.444 e. The van der Waals surface area contributed by atoms with E-state index in [9.17, 15) is 26.7 Å². The second-order valence-electron chi connectivity index (χ2n) is 7.54. The van der Waals surface area contributed by atoms with E-state index < -0.39 is 35.4 Å². The molecule has 2 heterocycles. The molecule has 0 saturated carbocycles. The average molecular weight is 456 g/mol. The fraction of sp³-hybridized carbons (Fsp3) is 0.250. The number of hydrogen-bond acceptors (Lipinski definition) is 5. The lowest BCUT2D eigenvalue weighted by molar-refractivity contribution is -0.274. The highest BCUT2D eigenvalue weighted by molar-refractivity contribution is 5.85. The Morgan fingerprint density at radius 1 is 1.00 bits per heavy atom. The van der Waals surface area contributed by atoms with Gasteiger partial charge in [0.1, 0.15) is 23.0 Å². The molecule has 0 saturated heterocycles. The molecule has 7 nitrogen and oxygen atoms in total. The van der Waals surface area contributed by atoms with Gasteiger partial charge < -0.3 is 9.47 Å². The molecular weight excluding hydrogens is 439 g/mol. The van der Waals surface area contributed by atoms with E-state index >= 15 is 0 Å². The molecule has 170 valence electrons. The Hall–Kier alpha value is -3.70. The summed E-state index contributed by atoms with van der Waals surface area (Å²) in [5.74, 6) is -2.63. The second-order valence-corrected chi connectivity index (χ2v) is 7.54. The van der Waals surface area contributed by atoms with Crippen molar-refractivity contribution < 1.29 is 36.2 Å². The van der Waals surface area contributed by atoms with Crippen LogP contribution in [0.2, 0.25) is 0 Å². The van der Waals surface area contributed by atoms with Gasteiger partial charge in [0.05, 0.1) is 23.8 Å². The molecule has 0 aliphatic heterocycles. The van der Waals surface area contributed by atoms with Gasteiger partial charge in [0, 0.05) is 23.8 Å². The lowest BCUT2D eigenvalue weighted by atomic mass is 10.1. The molecule has 0 bridgehead atoms. The Bertz CT molecular complexity index is 1140. The summed E-state index contributed by atoms with van der Waals surface area (Å²) in [5, 5.41) is 6.48. The number of pyridine rings is 1. The number of rotatable bonds is 4. The lowest BCUT2D eigenvalue weighted by Crippen LogP contribution is -2.27. The summed E-state index contributed by atoms with van der Waals surface area (Å²) in [6.45, 7) is 4.93. The van der Waals surface area contributed by atoms with Gasteiger partial charge in [0.15, 0.2) is 5.82 Å². The third-order valence-corrected chi connectivity index (χ3v) is 3.67. The Morgan fingerprint density at radius 2 is 1.72 bits per heavy atom. The van der Waals surface area contributed by atoms with Gasteiger partial charge in [-0.15, -0.1) is 18.3 Å². The maximum absolute atomic E-state index is 14.1. The summed E-state index contributed by atoms with van der Waals surface area (Å²) in [4.78, 5) is 15.8. The lowest BCUT2D eigenvalue weighted by Gasteiger charge is -2.19. The second kappa shape index (κ2) is 8.44. The number of benzene rings is 1. The maximum Gasteiger partial charge on any atom is 0.573 e. The zero-order valence-corrected chi connectivity index (χ0v) is 17.0. The number of amides is 1. The Balaban J connectivity index is 2.08. The SMILES string of the molecule is CC(C)(C)OC(=O)Nc1cc(-c2cc(F)cc(OC(F)(F)F)c2)n(-c2cncc(F)c2)n1. The van der Waals surface area contributed by atoms with Crippen molar-refractivity contribution in [1.82, 2.24) is 14.8 Å². The van der Waals surface area contributed by atoms with Crippen LogP contribution in [0.1, 0.15) is 20.8 Å². The molecule has 3 rings (SSSR count). The molecule has 0 atom stereocenters. The number of carbonyl (C=O) groups is 1. The van der Waals surface area contributed by atoms with Crippen molar-refractivity contribution in [3.05, 3.63) is 54.4 Å². The summed E-state index contributed by atoms with van der Waals surface area (Å²) < 4.78 is 75.6. The van der Waals surface area contributed by atoms with Crippen LogP contribution in [0.15, 0.2) is 42.7 Å². The van der Waals surface area contributed by atoms with Gasteiger partial charge in [0.25, 0.3) is 0 Å². The molecule has 1 N–H and O–H groups in total. The van der Waals surface area contributed by atoms with Crippen LogP contribution in [-0.4, -0.2) is 32.8 Å². The maximum atomic E-state index is 14.1. The van der Waals surface area contributed by atoms with Gasteiger partial charge in [-0.05, 0) is 32.9 Å². The number of carbonyl (C=O) groups excluding carboxylic acids is 1. The number of hydrogen-bond donors (Lipinski definition) is 1. The molecule has 32 heavy (non-hydrogen) atoms. The Labute approximate surface area is 178 Å². The van der Waals surface area contributed by atoms with Crippen molar-refractivity contribution >= 4 is 11.9 Å². The van der Waals surface area contributed by atoms with Gasteiger partial charge in [0.2, 0.25) is 0 Å². The predicted octanol–water partition coefficient (Wildman–Crippen LogP) is 5.46. The van der Waals surface area contributed by atoms with Crippen molar-refractivity contribution in [1.29, 1.82) is 0 Å². The van der Waals surface area contributed by atoms with Crippen molar-refractivity contribution in [3.8, 4) is 22.7 Å². The number of nitrogens with zero attached hydrogens (tertiary/aromatic N) is 3. The summed E-state index contributed by atoms with van der Waals surface area (Å²) in [5.41, 5.74) is -0.804. The van der Waals surface area contributed by atoms with E-state index in [1.807, 2.05) is 0 Å². The summed E-state index contributed by atoms with van der Waals surface area (Å²) in [6, 6.07) is 4.71. The highest BCUT2D eigenvalue weighted by Gasteiger charge is 2.31. The number of ether oxygens (including phenoxy) is 2. The zero-order valence-electron chi connectivity index (χ0n) is 17.0. The van der Waals surface area contributed by atoms with E-state index in [4.69, 9.17) is 4.74 Å². The standard InChI is InChI=1S/C20H17F5N4O3/c1-19(2,3)32-18(30)27-17-8-16(29(28-17)14-6-13(22)9-26-10-14)11-4-12(21)7-15(5-11)31-20(23,24)25/h4-10H,1-3H3,(H,27,28,30). The van der Waals surface area contributed by atoms with Crippen molar-refractivity contribution in [3.63, 3.8) is 0 Å². The molecule has 0 aliphatic rings. The Morgan fingerprint density at radius 3 is 2.34 bits per heavy atom. The largest absolute Gasteiger partial charge is 0.573 e. The van der Waals surface area contributed by atoms with E-state index in [0.29, 0.717) is 6.07 Å². The molecular formula is C20H17F5N4O3. The van der Waals surface area contributed by atoms with E-state index in [0.717, 1.165) is 29.1 Å². The molecule has 0 unspecified atom stereocenters. The van der Waals surface area contributed by atoms with Crippen LogP contribution in [0.25, 0.3) is 16.9 Å². The van der Waals surface area contributed by atoms with Crippen molar-refractivity contribution in [2.75, 3.05) is 5.32 Å². The number of halogens is 5. The first-order valence-corrected chi connectivity index (χ1v) is 9.07. The Kier molecular flexibility index (Phi) is 6.06. The van der Waals surface area contributed by atoms with Crippen LogP contribution in [0.5, 0.6) is 5.75 Å². The van der Waals surface area contributed by atoms with E-state index in [2.05, 4.69) is 20.1 Å². The van der Waals surface area contributed by atoms with Crippen LogP contribution < -0.4 is 10.1 Å². The molecule has 0 fully saturated rings. The first-order chi connectivity index (χ1) is 14.8. The number of anilines is 1. The molecule has 3 aromatic rings. The minimum Gasteiger partial charge on any atom is -0.444 e. The van der Waals surface area contributed by atoms with Crippen molar-refractivity contribution in [2.45, 2.75) is 32.7 Å². The van der Waals surface area contributed by atoms with E-state index in [-0.39, 0.29) is 22.8 Å². The van der Waals surface area contributed by atoms with Crippen LogP contribution in [0.3, 0.4) is 0 Å². The van der Waals surface area contributed by atoms with Crippen LogP contribution in [-0.2, 0) is 4.74 Å². The predicted molar refractivity (Wildman–Crippen MR) is 103 cm³/mol. The number of aromatic nitrogens is 3. The highest BCUT2D eigenvalue weighted by Crippen LogP contribution is 2.32. The third kappa shape index (κ3) is 6.15. The third-order valence-electron chi connectivity index (χ3n) is 3.67. The minimum absolute atomic E-state index is 0.0231. The fourth-order valence-corrected chi connectivity index (χ4v) is 2.67. The number of alkyl halides is 3. The summed E-state index contributed by atoms with van der Waals surface area (Å²) >= 11 is 0. The minimum atomic E-state index is -5.04. The monoisotopic (exact) mass is 456 g/mol. The quantitative estimate of drug-likeness (QED) is 0.528. The highest BCUT2D eigenvalue weighted by atomic mass is 19.4. The normalized spacial score (nSPS) is 11.9. The first-order valence-electron chi connectivity index (χ1n) is 9.07. The van der Waals surface area contributed by atoms with Gasteiger partial charge >= 0.3 is 12.5 Å². The molecule has 12 heteroatoms. The van der Waals surface area contributed by atoms with Gasteiger partial charge in [-0.2, -0.15) is 0 Å². The molecule has 2 aromatic heterocycles. The topological polar surface area (TPSA) is 78.3 Å². The van der Waals surface area contributed by atoms with Crippen LogP contribution >= 0.6 is 0 Å². The molecule has 0 spiro atoms. The average Bonchev–Trinajstić information content (AvgIpc) is 3.01. The van der Waals surface area contributed by atoms with E-state index in [1.165, 1.54) is 12.3 Å². The molecule has 1 amide bonds. The molecule has 1 aromatic carbocycles. The van der Waals surface area contributed by atoms with Crippen molar-refractivity contribution in [2.24, 2.45) is 0 Å². The summed E-state index contributed by atoms with van der Waals surface area (Å²) in [6.07, 6.45) is -3.74. The fourth-order valence-electron chi connectivity index (χ4n) is 2.67. The molecule has 0 aliphatic carbocycles. The summed E-state index contributed by atoms with van der Waals surface area (Å²) in [7, 11) is 0. The van der Waals surface area contributed by atoms with Crippen LogP contribution in [0, 0.1) is 11.6 Å². The first kappa shape index (κ1) is 23.0. The number of nitrogens with one attached hydrogen (secondary N) is 1. The van der Waals surface area contributed by atoms with E-state index in [1.54, 1.807) is 20.8 Å². The van der Waals surface area contributed by atoms with Crippen LogP contribution in [0.4, 0.5) is 32.6 Å².